The lowest BCUT2D eigenvalue weighted by atomic mass is 10.0. The van der Waals surface area contributed by atoms with Crippen molar-refractivity contribution in [3.63, 3.8) is 0 Å². The standard InChI is InChI=1S/C49H34N4/c1-4-14-37(15-5-1)49-48(50-47-22-12-13-33-51(47)49)36-25-30-42(31-26-36)52(39-16-6-2-7-17-39)41-28-23-35(24-29-41)38-27-32-44-43-20-10-11-21-45(43)53(46(44)34-38)40-18-8-3-9-19-40/h1-34H. The fourth-order valence-corrected chi connectivity index (χ4v) is 7.67. The van der Waals surface area contributed by atoms with E-state index in [2.05, 4.69) is 214 Å². The molecule has 0 aliphatic heterocycles. The highest BCUT2D eigenvalue weighted by Crippen LogP contribution is 2.39. The van der Waals surface area contributed by atoms with E-state index in [4.69, 9.17) is 4.98 Å². The molecule has 0 aliphatic carbocycles. The van der Waals surface area contributed by atoms with Gasteiger partial charge in [-0.05, 0) is 83.9 Å². The zero-order chi connectivity index (χ0) is 35.1. The Bertz CT molecular complexity index is 2850. The molecule has 10 rings (SSSR count). The zero-order valence-electron chi connectivity index (χ0n) is 28.9. The number of hydrogen-bond acceptors (Lipinski definition) is 2. The number of pyridine rings is 1. The van der Waals surface area contributed by atoms with Crippen molar-refractivity contribution >= 4 is 44.5 Å². The Kier molecular flexibility index (Phi) is 7.43. The van der Waals surface area contributed by atoms with Crippen LogP contribution in [0.15, 0.2) is 206 Å². The van der Waals surface area contributed by atoms with Crippen molar-refractivity contribution in [2.24, 2.45) is 0 Å². The summed E-state index contributed by atoms with van der Waals surface area (Å²) in [6, 6.07) is 71.1. The quantitative estimate of drug-likeness (QED) is 0.168. The van der Waals surface area contributed by atoms with Crippen molar-refractivity contribution in [2.75, 3.05) is 4.90 Å². The van der Waals surface area contributed by atoms with E-state index in [1.165, 1.54) is 32.9 Å². The molecule has 0 saturated heterocycles. The van der Waals surface area contributed by atoms with Crippen LogP contribution in [0.3, 0.4) is 0 Å². The monoisotopic (exact) mass is 678 g/mol. The van der Waals surface area contributed by atoms with E-state index < -0.39 is 0 Å². The first kappa shape index (κ1) is 30.6. The lowest BCUT2D eigenvalue weighted by Crippen LogP contribution is -2.09. The van der Waals surface area contributed by atoms with Crippen LogP contribution in [-0.2, 0) is 0 Å². The first-order valence-corrected chi connectivity index (χ1v) is 18.0. The van der Waals surface area contributed by atoms with E-state index >= 15 is 0 Å². The van der Waals surface area contributed by atoms with Crippen LogP contribution >= 0.6 is 0 Å². The van der Waals surface area contributed by atoms with E-state index in [0.717, 1.165) is 50.9 Å². The molecule has 250 valence electrons. The van der Waals surface area contributed by atoms with Crippen molar-refractivity contribution in [2.45, 2.75) is 0 Å². The van der Waals surface area contributed by atoms with Gasteiger partial charge in [-0.3, -0.25) is 4.40 Å². The predicted octanol–water partition coefficient (Wildman–Crippen LogP) is 12.9. The van der Waals surface area contributed by atoms with Gasteiger partial charge in [0.05, 0.1) is 22.4 Å². The third kappa shape index (κ3) is 5.36. The third-order valence-corrected chi connectivity index (χ3v) is 10.1. The molecule has 0 atom stereocenters. The van der Waals surface area contributed by atoms with Gasteiger partial charge in [-0.1, -0.05) is 127 Å². The molecule has 0 unspecified atom stereocenters. The SMILES string of the molecule is c1ccc(-c2c(-c3ccc(N(c4ccccc4)c4ccc(-c5ccc6c7ccccc7n(-c7ccccc7)c6c5)cc4)cc3)nc3ccccn23)cc1. The van der Waals surface area contributed by atoms with Gasteiger partial charge >= 0.3 is 0 Å². The highest BCUT2D eigenvalue weighted by Gasteiger charge is 2.18. The Morgan fingerprint density at radius 1 is 0.396 bits per heavy atom. The summed E-state index contributed by atoms with van der Waals surface area (Å²) < 4.78 is 4.55. The van der Waals surface area contributed by atoms with Crippen molar-refractivity contribution in [3.8, 4) is 39.3 Å². The topological polar surface area (TPSA) is 25.5 Å². The highest BCUT2D eigenvalue weighted by atomic mass is 15.1. The molecule has 0 fully saturated rings. The number of para-hydroxylation sites is 3. The van der Waals surface area contributed by atoms with Crippen LogP contribution in [0, 0.1) is 0 Å². The largest absolute Gasteiger partial charge is 0.311 e. The van der Waals surface area contributed by atoms with Crippen LogP contribution in [0.5, 0.6) is 0 Å². The lowest BCUT2D eigenvalue weighted by molar-refractivity contribution is 1.18. The Morgan fingerprint density at radius 3 is 1.70 bits per heavy atom. The summed E-state index contributed by atoms with van der Waals surface area (Å²) >= 11 is 0. The van der Waals surface area contributed by atoms with Gasteiger partial charge in [-0.2, -0.15) is 0 Å². The summed E-state index contributed by atoms with van der Waals surface area (Å²) in [5, 5.41) is 2.51. The summed E-state index contributed by atoms with van der Waals surface area (Å²) in [5.74, 6) is 0. The third-order valence-electron chi connectivity index (χ3n) is 10.1. The molecule has 0 aliphatic rings. The Hall–Kier alpha value is -7.17. The highest BCUT2D eigenvalue weighted by molar-refractivity contribution is 6.10. The number of anilines is 3. The maximum atomic E-state index is 5.09. The first-order chi connectivity index (χ1) is 26.3. The maximum Gasteiger partial charge on any atom is 0.137 e. The number of fused-ring (bicyclic) bond motifs is 4. The first-order valence-electron chi connectivity index (χ1n) is 18.0. The summed E-state index contributed by atoms with van der Waals surface area (Å²) in [5.41, 5.74) is 14.4. The summed E-state index contributed by atoms with van der Waals surface area (Å²) in [7, 11) is 0. The Balaban J connectivity index is 1.03. The Labute approximate surface area is 308 Å². The molecule has 3 aromatic heterocycles. The minimum atomic E-state index is 0.928. The minimum absolute atomic E-state index is 0.928. The molecule has 10 aromatic rings. The molecule has 0 amide bonds. The van der Waals surface area contributed by atoms with Crippen molar-refractivity contribution in [1.29, 1.82) is 0 Å². The number of benzene rings is 7. The molecule has 0 saturated carbocycles. The average molecular weight is 679 g/mol. The molecule has 53 heavy (non-hydrogen) atoms. The lowest BCUT2D eigenvalue weighted by Gasteiger charge is -2.26. The number of hydrogen-bond donors (Lipinski definition) is 0. The number of imidazole rings is 1. The second kappa shape index (κ2) is 12.9. The van der Waals surface area contributed by atoms with Crippen LogP contribution in [0.4, 0.5) is 17.1 Å². The van der Waals surface area contributed by atoms with Crippen LogP contribution in [0.2, 0.25) is 0 Å². The molecular weight excluding hydrogens is 645 g/mol. The summed E-state index contributed by atoms with van der Waals surface area (Å²) in [6.45, 7) is 0. The molecule has 0 spiro atoms. The summed E-state index contributed by atoms with van der Waals surface area (Å²) in [6.07, 6.45) is 2.09. The van der Waals surface area contributed by atoms with Gasteiger partial charge in [0.1, 0.15) is 5.65 Å². The number of nitrogens with zero attached hydrogens (tertiary/aromatic N) is 4. The smallest absolute Gasteiger partial charge is 0.137 e. The molecular formula is C49H34N4. The average Bonchev–Trinajstić information content (AvgIpc) is 3.79. The van der Waals surface area contributed by atoms with Crippen LogP contribution in [-0.4, -0.2) is 14.0 Å². The van der Waals surface area contributed by atoms with Gasteiger partial charge in [0.2, 0.25) is 0 Å². The van der Waals surface area contributed by atoms with Crippen LogP contribution in [0.25, 0.3) is 66.8 Å². The van der Waals surface area contributed by atoms with Gasteiger partial charge in [0, 0.05) is 50.8 Å². The van der Waals surface area contributed by atoms with E-state index in [1.54, 1.807) is 0 Å². The van der Waals surface area contributed by atoms with Crippen LogP contribution in [0.1, 0.15) is 0 Å². The predicted molar refractivity (Wildman–Crippen MR) is 221 cm³/mol. The molecule has 4 heteroatoms. The van der Waals surface area contributed by atoms with Gasteiger partial charge in [-0.25, -0.2) is 4.98 Å². The maximum absolute atomic E-state index is 5.09. The second-order valence-corrected chi connectivity index (χ2v) is 13.3. The normalized spacial score (nSPS) is 11.4. The van der Waals surface area contributed by atoms with E-state index in [9.17, 15) is 0 Å². The molecule has 3 heterocycles. The molecule has 0 bridgehead atoms. The molecule has 7 aromatic carbocycles. The van der Waals surface area contributed by atoms with Crippen molar-refractivity contribution in [3.05, 3.63) is 206 Å². The number of aromatic nitrogens is 3. The van der Waals surface area contributed by atoms with Crippen LogP contribution < -0.4 is 4.90 Å². The summed E-state index contributed by atoms with van der Waals surface area (Å²) in [4.78, 5) is 7.40. The van der Waals surface area contributed by atoms with Gasteiger partial charge in [0.15, 0.2) is 0 Å². The fraction of sp³-hybridized carbons (Fsp3) is 0. The zero-order valence-corrected chi connectivity index (χ0v) is 28.9. The van der Waals surface area contributed by atoms with Gasteiger partial charge < -0.3 is 9.47 Å². The van der Waals surface area contributed by atoms with Gasteiger partial charge in [-0.15, -0.1) is 0 Å². The van der Waals surface area contributed by atoms with Crippen molar-refractivity contribution in [1.82, 2.24) is 14.0 Å². The Morgan fingerprint density at radius 2 is 0.962 bits per heavy atom. The number of rotatable bonds is 7. The molecule has 0 radical (unpaired) electrons. The van der Waals surface area contributed by atoms with Gasteiger partial charge in [0.25, 0.3) is 0 Å². The molecule has 4 nitrogen and oxygen atoms in total. The van der Waals surface area contributed by atoms with Crippen molar-refractivity contribution < 1.29 is 0 Å². The second-order valence-electron chi connectivity index (χ2n) is 13.3. The minimum Gasteiger partial charge on any atom is -0.311 e. The molecule has 0 N–H and O–H groups in total. The fourth-order valence-electron chi connectivity index (χ4n) is 7.67. The van der Waals surface area contributed by atoms with E-state index in [-0.39, 0.29) is 0 Å². The van der Waals surface area contributed by atoms with E-state index in [0.29, 0.717) is 0 Å². The van der Waals surface area contributed by atoms with E-state index in [1.807, 2.05) is 6.07 Å².